The normalized spacial score (nSPS) is 10.4. The molecule has 6 heteroatoms. The average Bonchev–Trinajstić information content (AvgIpc) is 3.13. The molecule has 0 aliphatic carbocycles. The molecule has 0 saturated carbocycles. The zero-order chi connectivity index (χ0) is 16.8. The Kier molecular flexibility index (Phi) is 4.86. The van der Waals surface area contributed by atoms with Gasteiger partial charge in [0.1, 0.15) is 0 Å². The second-order valence-corrected chi connectivity index (χ2v) is 5.37. The first kappa shape index (κ1) is 15.7. The van der Waals surface area contributed by atoms with Crippen LogP contribution in [0.25, 0.3) is 5.69 Å². The van der Waals surface area contributed by atoms with E-state index in [-0.39, 0.29) is 5.91 Å². The molecule has 1 amide bonds. The summed E-state index contributed by atoms with van der Waals surface area (Å²) in [6.07, 6.45) is 1.48. The van der Waals surface area contributed by atoms with E-state index in [1.165, 1.54) is 11.0 Å². The van der Waals surface area contributed by atoms with Crippen LogP contribution in [0.15, 0.2) is 66.9 Å². The van der Waals surface area contributed by atoms with Gasteiger partial charge in [-0.15, -0.1) is 5.10 Å². The van der Waals surface area contributed by atoms with E-state index in [0.717, 1.165) is 11.4 Å². The summed E-state index contributed by atoms with van der Waals surface area (Å²) in [6, 6.07) is 19.5. The number of likely N-dealkylation sites (N-methyl/N-ethyl adjacent to an activating group) is 1. The van der Waals surface area contributed by atoms with Gasteiger partial charge in [-0.05, 0) is 24.3 Å². The predicted octanol–water partition coefficient (Wildman–Crippen LogP) is 2.13. The number of rotatable bonds is 6. The van der Waals surface area contributed by atoms with Crippen molar-refractivity contribution in [1.82, 2.24) is 20.3 Å². The van der Waals surface area contributed by atoms with E-state index in [0.29, 0.717) is 18.8 Å². The minimum atomic E-state index is -0.223. The van der Waals surface area contributed by atoms with Gasteiger partial charge in [-0.1, -0.05) is 36.4 Å². The molecule has 0 radical (unpaired) electrons. The van der Waals surface area contributed by atoms with Crippen LogP contribution < -0.4 is 10.2 Å². The smallest absolute Gasteiger partial charge is 0.273 e. The van der Waals surface area contributed by atoms with E-state index in [2.05, 4.69) is 20.4 Å². The molecule has 0 unspecified atom stereocenters. The van der Waals surface area contributed by atoms with Gasteiger partial charge >= 0.3 is 0 Å². The molecule has 24 heavy (non-hydrogen) atoms. The van der Waals surface area contributed by atoms with Crippen molar-refractivity contribution >= 4 is 11.6 Å². The molecule has 0 bridgehead atoms. The molecule has 0 spiro atoms. The third-order valence-electron chi connectivity index (χ3n) is 3.64. The fourth-order valence-electron chi connectivity index (χ4n) is 2.29. The first-order chi connectivity index (χ1) is 11.7. The summed E-state index contributed by atoms with van der Waals surface area (Å²) in [4.78, 5) is 15.7. The maximum atomic E-state index is 12.2. The van der Waals surface area contributed by atoms with Gasteiger partial charge in [0, 0.05) is 25.8 Å². The van der Waals surface area contributed by atoms with Crippen molar-refractivity contribution in [2.75, 3.05) is 25.0 Å². The van der Waals surface area contributed by atoms with Crippen LogP contribution in [0.2, 0.25) is 0 Å². The summed E-state index contributed by atoms with van der Waals surface area (Å²) in [5, 5.41) is 11.2. The first-order valence-electron chi connectivity index (χ1n) is 7.76. The molecule has 122 valence electrons. The topological polar surface area (TPSA) is 63.1 Å². The third-order valence-corrected chi connectivity index (χ3v) is 3.64. The molecule has 6 nitrogen and oxygen atoms in total. The Morgan fingerprint density at radius 1 is 1.08 bits per heavy atom. The lowest BCUT2D eigenvalue weighted by Crippen LogP contribution is -2.33. The van der Waals surface area contributed by atoms with Gasteiger partial charge in [-0.3, -0.25) is 4.79 Å². The lowest BCUT2D eigenvalue weighted by molar-refractivity contribution is 0.0949. The number of aromatic nitrogens is 3. The SMILES string of the molecule is CN(CCNC(=O)c1cnn(-c2ccccc2)n1)c1ccccc1. The summed E-state index contributed by atoms with van der Waals surface area (Å²) in [7, 11) is 1.99. The van der Waals surface area contributed by atoms with E-state index >= 15 is 0 Å². The molecule has 3 rings (SSSR count). The Morgan fingerprint density at radius 3 is 2.46 bits per heavy atom. The molecule has 0 aliphatic rings. The molecular formula is C18H19N5O. The molecular weight excluding hydrogens is 302 g/mol. The number of para-hydroxylation sites is 2. The maximum Gasteiger partial charge on any atom is 0.273 e. The summed E-state index contributed by atoms with van der Waals surface area (Å²) in [5.74, 6) is -0.223. The van der Waals surface area contributed by atoms with Crippen molar-refractivity contribution < 1.29 is 4.79 Å². The van der Waals surface area contributed by atoms with Crippen LogP contribution >= 0.6 is 0 Å². The number of nitrogens with one attached hydrogen (secondary N) is 1. The number of benzene rings is 2. The second-order valence-electron chi connectivity index (χ2n) is 5.37. The highest BCUT2D eigenvalue weighted by Gasteiger charge is 2.11. The Hall–Kier alpha value is -3.15. The maximum absolute atomic E-state index is 12.2. The van der Waals surface area contributed by atoms with E-state index < -0.39 is 0 Å². The van der Waals surface area contributed by atoms with E-state index in [1.807, 2.05) is 67.7 Å². The van der Waals surface area contributed by atoms with Gasteiger partial charge in [-0.2, -0.15) is 9.90 Å². The van der Waals surface area contributed by atoms with Crippen molar-refractivity contribution in [3.05, 3.63) is 72.6 Å². The van der Waals surface area contributed by atoms with Crippen LogP contribution in [0.4, 0.5) is 5.69 Å². The third kappa shape index (κ3) is 3.78. The Labute approximate surface area is 140 Å². The van der Waals surface area contributed by atoms with Gasteiger partial charge < -0.3 is 10.2 Å². The summed E-state index contributed by atoms with van der Waals surface area (Å²) >= 11 is 0. The highest BCUT2D eigenvalue weighted by molar-refractivity contribution is 5.91. The number of nitrogens with zero attached hydrogens (tertiary/aromatic N) is 4. The average molecular weight is 321 g/mol. The largest absolute Gasteiger partial charge is 0.373 e. The summed E-state index contributed by atoms with van der Waals surface area (Å²) < 4.78 is 0. The van der Waals surface area contributed by atoms with Gasteiger partial charge in [0.05, 0.1) is 11.9 Å². The number of amides is 1. The Morgan fingerprint density at radius 2 is 1.75 bits per heavy atom. The van der Waals surface area contributed by atoms with Crippen LogP contribution in [0.5, 0.6) is 0 Å². The number of carbonyl (C=O) groups excluding carboxylic acids is 1. The Balaban J connectivity index is 1.53. The lowest BCUT2D eigenvalue weighted by Gasteiger charge is -2.19. The van der Waals surface area contributed by atoms with Crippen LogP contribution in [0.3, 0.4) is 0 Å². The van der Waals surface area contributed by atoms with Gasteiger partial charge in [0.15, 0.2) is 5.69 Å². The molecule has 1 aromatic heterocycles. The van der Waals surface area contributed by atoms with Crippen molar-refractivity contribution in [2.24, 2.45) is 0 Å². The molecule has 0 atom stereocenters. The van der Waals surface area contributed by atoms with Crippen molar-refractivity contribution in [2.45, 2.75) is 0 Å². The van der Waals surface area contributed by atoms with Gasteiger partial charge in [0.25, 0.3) is 5.91 Å². The minimum Gasteiger partial charge on any atom is -0.373 e. The van der Waals surface area contributed by atoms with E-state index in [9.17, 15) is 4.79 Å². The van der Waals surface area contributed by atoms with Gasteiger partial charge in [0.2, 0.25) is 0 Å². The Bertz CT molecular complexity index is 785. The zero-order valence-corrected chi connectivity index (χ0v) is 13.5. The fourth-order valence-corrected chi connectivity index (χ4v) is 2.29. The second kappa shape index (κ2) is 7.41. The minimum absolute atomic E-state index is 0.223. The van der Waals surface area contributed by atoms with Crippen molar-refractivity contribution in [1.29, 1.82) is 0 Å². The van der Waals surface area contributed by atoms with Crippen LogP contribution in [0.1, 0.15) is 10.5 Å². The van der Waals surface area contributed by atoms with E-state index in [4.69, 9.17) is 0 Å². The van der Waals surface area contributed by atoms with E-state index in [1.54, 1.807) is 0 Å². The number of hydrogen-bond donors (Lipinski definition) is 1. The lowest BCUT2D eigenvalue weighted by atomic mass is 10.3. The molecule has 0 aliphatic heterocycles. The predicted molar refractivity (Wildman–Crippen MR) is 93.4 cm³/mol. The monoisotopic (exact) mass is 321 g/mol. The molecule has 3 aromatic rings. The van der Waals surface area contributed by atoms with Crippen LogP contribution in [0, 0.1) is 0 Å². The first-order valence-corrected chi connectivity index (χ1v) is 7.76. The number of carbonyl (C=O) groups is 1. The number of hydrogen-bond acceptors (Lipinski definition) is 4. The fraction of sp³-hybridized carbons (Fsp3) is 0.167. The van der Waals surface area contributed by atoms with Crippen molar-refractivity contribution in [3.8, 4) is 5.69 Å². The summed E-state index contributed by atoms with van der Waals surface area (Å²) in [6.45, 7) is 1.24. The quantitative estimate of drug-likeness (QED) is 0.755. The highest BCUT2D eigenvalue weighted by Crippen LogP contribution is 2.09. The highest BCUT2D eigenvalue weighted by atomic mass is 16.2. The molecule has 0 saturated heterocycles. The van der Waals surface area contributed by atoms with Crippen LogP contribution in [-0.4, -0.2) is 41.0 Å². The molecule has 1 heterocycles. The summed E-state index contributed by atoms with van der Waals surface area (Å²) in [5.41, 5.74) is 2.24. The molecule has 2 aromatic carbocycles. The standard InChI is InChI=1S/C18H19N5O/c1-22(15-8-4-2-5-9-15)13-12-19-18(24)17-14-20-23(21-17)16-10-6-3-7-11-16/h2-11,14H,12-13H2,1H3,(H,19,24). The van der Waals surface area contributed by atoms with Crippen LogP contribution in [-0.2, 0) is 0 Å². The number of anilines is 1. The molecule has 0 fully saturated rings. The zero-order valence-electron chi connectivity index (χ0n) is 13.5. The molecule has 1 N–H and O–H groups in total. The van der Waals surface area contributed by atoms with Gasteiger partial charge in [-0.25, -0.2) is 0 Å². The van der Waals surface area contributed by atoms with Crippen molar-refractivity contribution in [3.63, 3.8) is 0 Å².